The minimum Gasteiger partial charge on any atom is -0.326 e. The normalized spacial score (nSPS) is 17.0. The monoisotopic (exact) mass is 420 g/mol. The molecule has 4 nitrogen and oxygen atoms in total. The lowest BCUT2D eigenvalue weighted by molar-refractivity contribution is -0.122. The van der Waals surface area contributed by atoms with Crippen molar-refractivity contribution in [1.82, 2.24) is 0 Å². The second-order valence-corrected chi connectivity index (χ2v) is 7.32. The van der Waals surface area contributed by atoms with Crippen LogP contribution < -0.4 is 10.2 Å². The van der Waals surface area contributed by atoms with Gasteiger partial charge in [-0.05, 0) is 42.3 Å². The number of hydrogen-bond donors (Lipinski definition) is 1. The van der Waals surface area contributed by atoms with Crippen molar-refractivity contribution >= 4 is 50.7 Å². The zero-order chi connectivity index (χ0) is 18.0. The molecule has 1 saturated heterocycles. The number of carbonyl (C=O) groups is 2. The molecule has 1 aliphatic rings. The maximum Gasteiger partial charge on any atom is 0.229 e. The van der Waals surface area contributed by atoms with E-state index in [1.807, 2.05) is 37.3 Å². The lowest BCUT2D eigenvalue weighted by Crippen LogP contribution is -2.28. The van der Waals surface area contributed by atoms with E-state index in [0.29, 0.717) is 17.3 Å². The minimum atomic E-state index is -0.392. The Labute approximate surface area is 160 Å². The standard InChI is InChI=1S/C19H18BrClN2O2/c1-2-12-9-14(20)7-8-16(12)22-19(25)13-10-18(24)23(11-13)17-6-4-3-5-15(17)21/h3-9,13H,2,10-11H2,1H3,(H,22,25)/t13-/m0/s1. The second-order valence-electron chi connectivity index (χ2n) is 6.00. The Morgan fingerprint density at radius 2 is 2.08 bits per heavy atom. The van der Waals surface area contributed by atoms with Gasteiger partial charge in [-0.3, -0.25) is 9.59 Å². The van der Waals surface area contributed by atoms with Crippen molar-refractivity contribution in [3.8, 4) is 0 Å². The molecule has 1 heterocycles. The van der Waals surface area contributed by atoms with E-state index in [9.17, 15) is 9.59 Å². The smallest absolute Gasteiger partial charge is 0.229 e. The molecule has 2 amide bonds. The summed E-state index contributed by atoms with van der Waals surface area (Å²) in [4.78, 5) is 26.6. The first-order chi connectivity index (χ1) is 12.0. The molecule has 0 saturated carbocycles. The fourth-order valence-electron chi connectivity index (χ4n) is 3.00. The molecule has 25 heavy (non-hydrogen) atoms. The summed E-state index contributed by atoms with van der Waals surface area (Å²) in [6.07, 6.45) is 0.999. The van der Waals surface area contributed by atoms with Crippen LogP contribution in [-0.2, 0) is 16.0 Å². The van der Waals surface area contributed by atoms with Crippen LogP contribution in [0.15, 0.2) is 46.9 Å². The number of rotatable bonds is 4. The lowest BCUT2D eigenvalue weighted by atomic mass is 10.1. The van der Waals surface area contributed by atoms with E-state index in [0.717, 1.165) is 22.1 Å². The molecule has 1 aliphatic heterocycles. The quantitative estimate of drug-likeness (QED) is 0.781. The lowest BCUT2D eigenvalue weighted by Gasteiger charge is -2.18. The number of aryl methyl sites for hydroxylation is 1. The minimum absolute atomic E-state index is 0.0835. The summed E-state index contributed by atoms with van der Waals surface area (Å²) in [6.45, 7) is 2.38. The van der Waals surface area contributed by atoms with Crippen molar-refractivity contribution in [3.05, 3.63) is 57.5 Å². The highest BCUT2D eigenvalue weighted by Gasteiger charge is 2.36. The highest BCUT2D eigenvalue weighted by molar-refractivity contribution is 9.10. The summed E-state index contributed by atoms with van der Waals surface area (Å²) in [5.74, 6) is -0.614. The summed E-state index contributed by atoms with van der Waals surface area (Å²) < 4.78 is 0.975. The Morgan fingerprint density at radius 3 is 2.80 bits per heavy atom. The van der Waals surface area contributed by atoms with Gasteiger partial charge in [0.05, 0.1) is 16.6 Å². The third kappa shape index (κ3) is 3.88. The molecule has 0 aliphatic carbocycles. The first-order valence-electron chi connectivity index (χ1n) is 8.13. The molecule has 0 spiro atoms. The average Bonchev–Trinajstić information content (AvgIpc) is 2.98. The third-order valence-corrected chi connectivity index (χ3v) is 5.16. The van der Waals surface area contributed by atoms with Crippen LogP contribution in [0.2, 0.25) is 5.02 Å². The van der Waals surface area contributed by atoms with Crippen LogP contribution in [0.25, 0.3) is 0 Å². The zero-order valence-electron chi connectivity index (χ0n) is 13.8. The molecule has 6 heteroatoms. The van der Waals surface area contributed by atoms with Gasteiger partial charge in [-0.15, -0.1) is 0 Å². The number of carbonyl (C=O) groups excluding carboxylic acids is 2. The van der Waals surface area contributed by atoms with Crippen LogP contribution in [0.3, 0.4) is 0 Å². The first-order valence-corrected chi connectivity index (χ1v) is 9.31. The van der Waals surface area contributed by atoms with Gasteiger partial charge < -0.3 is 10.2 Å². The predicted molar refractivity (Wildman–Crippen MR) is 104 cm³/mol. The van der Waals surface area contributed by atoms with Gasteiger partial charge in [-0.2, -0.15) is 0 Å². The van der Waals surface area contributed by atoms with Crippen molar-refractivity contribution in [2.45, 2.75) is 19.8 Å². The molecule has 1 atom stereocenters. The number of para-hydroxylation sites is 1. The second kappa shape index (κ2) is 7.58. The van der Waals surface area contributed by atoms with E-state index < -0.39 is 5.92 Å². The largest absolute Gasteiger partial charge is 0.326 e. The van der Waals surface area contributed by atoms with Crippen LogP contribution in [0.5, 0.6) is 0 Å². The van der Waals surface area contributed by atoms with E-state index in [1.54, 1.807) is 17.0 Å². The SMILES string of the molecule is CCc1cc(Br)ccc1NC(=O)[C@H]1CC(=O)N(c2ccccc2Cl)C1. The molecule has 0 aromatic heterocycles. The fraction of sp³-hybridized carbons (Fsp3) is 0.263. The molecule has 0 bridgehead atoms. The summed E-state index contributed by atoms with van der Waals surface area (Å²) in [7, 11) is 0. The molecule has 0 radical (unpaired) electrons. The van der Waals surface area contributed by atoms with Gasteiger partial charge >= 0.3 is 0 Å². The highest BCUT2D eigenvalue weighted by Crippen LogP contribution is 2.31. The Bertz CT molecular complexity index is 825. The van der Waals surface area contributed by atoms with Crippen molar-refractivity contribution < 1.29 is 9.59 Å². The molecule has 3 rings (SSSR count). The number of hydrogen-bond acceptors (Lipinski definition) is 2. The van der Waals surface area contributed by atoms with E-state index in [2.05, 4.69) is 21.2 Å². The summed E-state index contributed by atoms with van der Waals surface area (Å²) in [6, 6.07) is 12.9. The number of amides is 2. The van der Waals surface area contributed by atoms with Crippen LogP contribution in [0.1, 0.15) is 18.9 Å². The predicted octanol–water partition coefficient (Wildman–Crippen LogP) is 4.66. The summed E-state index contributed by atoms with van der Waals surface area (Å²) in [5.41, 5.74) is 2.50. The number of nitrogens with zero attached hydrogens (tertiary/aromatic N) is 1. The van der Waals surface area contributed by atoms with Crippen LogP contribution in [0, 0.1) is 5.92 Å². The van der Waals surface area contributed by atoms with Gasteiger partial charge in [0.1, 0.15) is 0 Å². The van der Waals surface area contributed by atoms with Gasteiger partial charge in [0.25, 0.3) is 0 Å². The van der Waals surface area contributed by atoms with E-state index in [1.165, 1.54) is 0 Å². The van der Waals surface area contributed by atoms with Crippen molar-refractivity contribution in [2.75, 3.05) is 16.8 Å². The average molecular weight is 422 g/mol. The van der Waals surface area contributed by atoms with Crippen LogP contribution in [-0.4, -0.2) is 18.4 Å². The summed E-state index contributed by atoms with van der Waals surface area (Å²) >= 11 is 9.62. The van der Waals surface area contributed by atoms with E-state index in [4.69, 9.17) is 11.6 Å². The maximum atomic E-state index is 12.6. The number of nitrogens with one attached hydrogen (secondary N) is 1. The van der Waals surface area contributed by atoms with Gasteiger partial charge in [0.15, 0.2) is 0 Å². The summed E-state index contributed by atoms with van der Waals surface area (Å²) in [5, 5.41) is 3.48. The Hall–Kier alpha value is -1.85. The molecular formula is C19H18BrClN2O2. The number of anilines is 2. The number of benzene rings is 2. The molecule has 1 N–H and O–H groups in total. The van der Waals surface area contributed by atoms with E-state index in [-0.39, 0.29) is 18.2 Å². The van der Waals surface area contributed by atoms with Gasteiger partial charge in [0.2, 0.25) is 11.8 Å². The molecule has 0 unspecified atom stereocenters. The molecule has 130 valence electrons. The fourth-order valence-corrected chi connectivity index (χ4v) is 3.64. The van der Waals surface area contributed by atoms with Gasteiger partial charge in [-0.25, -0.2) is 0 Å². The topological polar surface area (TPSA) is 49.4 Å². The van der Waals surface area contributed by atoms with Crippen molar-refractivity contribution in [3.63, 3.8) is 0 Å². The number of halogens is 2. The molecule has 2 aromatic carbocycles. The Kier molecular flexibility index (Phi) is 5.45. The molecule has 2 aromatic rings. The van der Waals surface area contributed by atoms with Crippen molar-refractivity contribution in [1.29, 1.82) is 0 Å². The third-order valence-electron chi connectivity index (χ3n) is 4.35. The Balaban J connectivity index is 1.74. The van der Waals surface area contributed by atoms with Gasteiger partial charge in [-0.1, -0.05) is 46.6 Å². The van der Waals surface area contributed by atoms with Gasteiger partial charge in [0, 0.05) is 23.1 Å². The maximum absolute atomic E-state index is 12.6. The van der Waals surface area contributed by atoms with E-state index >= 15 is 0 Å². The Morgan fingerprint density at radius 1 is 1.32 bits per heavy atom. The van der Waals surface area contributed by atoms with Crippen LogP contribution >= 0.6 is 27.5 Å². The van der Waals surface area contributed by atoms with Crippen molar-refractivity contribution in [2.24, 2.45) is 5.92 Å². The molecule has 1 fully saturated rings. The zero-order valence-corrected chi connectivity index (χ0v) is 16.1. The molecular weight excluding hydrogens is 404 g/mol. The highest BCUT2D eigenvalue weighted by atomic mass is 79.9. The first kappa shape index (κ1) is 18.0. The van der Waals surface area contributed by atoms with Crippen LogP contribution in [0.4, 0.5) is 11.4 Å².